The van der Waals surface area contributed by atoms with Crippen molar-refractivity contribution in [2.24, 2.45) is 0 Å². The second kappa shape index (κ2) is 15.4. The van der Waals surface area contributed by atoms with Crippen molar-refractivity contribution >= 4 is 40.8 Å². The smallest absolute Gasteiger partial charge is 0.255 e. The van der Waals surface area contributed by atoms with Crippen LogP contribution in [-0.4, -0.2) is 69.0 Å². The number of carbonyl (C=O) groups excluding carboxylic acids is 4. The van der Waals surface area contributed by atoms with Crippen LogP contribution < -0.4 is 26.6 Å². The summed E-state index contributed by atoms with van der Waals surface area (Å²) in [6.07, 6.45) is 6.57. The predicted molar refractivity (Wildman–Crippen MR) is 190 cm³/mol. The minimum Gasteiger partial charge on any atom is -0.507 e. The molecule has 0 saturated carbocycles. The molecule has 4 amide bonds. The number of nitrogens with two attached hydrogens (primary N) is 1. The van der Waals surface area contributed by atoms with Crippen LogP contribution in [0.2, 0.25) is 0 Å². The standard InChI is InChI=1S/C37H44N8O5/c1-23-15-16-30(36(49)39-23)45-22-27-25(37(45)50)10-8-11-28(27)41-34(48)14-5-3-2-4-13-33(47)40-24-17-19-44(20-18-24)31-21-29(42-43-35(31)38)26-9-6-7-12-32(26)46/h6-12,21,24,30,46H,1-5,13-20,22H2,(H2,38,43)(H,39,49)(H,40,47)(H,41,48). The van der Waals surface area contributed by atoms with Gasteiger partial charge in [-0.1, -0.05) is 37.6 Å². The molecule has 1 atom stereocenters. The molecule has 13 nitrogen and oxygen atoms in total. The van der Waals surface area contributed by atoms with Crippen molar-refractivity contribution in [3.8, 4) is 17.0 Å². The number of amides is 4. The lowest BCUT2D eigenvalue weighted by Crippen LogP contribution is -2.49. The van der Waals surface area contributed by atoms with Crippen molar-refractivity contribution in [2.75, 3.05) is 29.0 Å². The van der Waals surface area contributed by atoms with Gasteiger partial charge in [-0.25, -0.2) is 0 Å². The Balaban J connectivity index is 0.877. The van der Waals surface area contributed by atoms with Crippen LogP contribution in [-0.2, 0) is 20.9 Å². The van der Waals surface area contributed by atoms with E-state index in [0.29, 0.717) is 79.2 Å². The van der Waals surface area contributed by atoms with Gasteiger partial charge in [-0.3, -0.25) is 19.2 Å². The van der Waals surface area contributed by atoms with Gasteiger partial charge in [-0.05, 0) is 68.9 Å². The fourth-order valence-corrected chi connectivity index (χ4v) is 6.95. The third-order valence-electron chi connectivity index (χ3n) is 9.71. The van der Waals surface area contributed by atoms with Crippen LogP contribution >= 0.6 is 0 Å². The number of benzene rings is 2. The van der Waals surface area contributed by atoms with Gasteiger partial charge in [0.05, 0.1) is 11.4 Å². The number of carbonyl (C=O) groups is 4. The first kappa shape index (κ1) is 34.4. The summed E-state index contributed by atoms with van der Waals surface area (Å²) in [5.41, 5.74) is 10.6. The van der Waals surface area contributed by atoms with E-state index in [2.05, 4.69) is 37.6 Å². The average molecular weight is 681 g/mol. The molecule has 13 heteroatoms. The molecule has 4 heterocycles. The number of piperidine rings is 2. The molecular weight excluding hydrogens is 636 g/mol. The lowest BCUT2D eigenvalue weighted by Gasteiger charge is -2.34. The summed E-state index contributed by atoms with van der Waals surface area (Å²) < 4.78 is 0. The van der Waals surface area contributed by atoms with E-state index in [9.17, 15) is 24.3 Å². The molecule has 2 aromatic carbocycles. The molecule has 3 aliphatic rings. The van der Waals surface area contributed by atoms with E-state index in [4.69, 9.17) is 5.73 Å². The Morgan fingerprint density at radius 3 is 2.40 bits per heavy atom. The summed E-state index contributed by atoms with van der Waals surface area (Å²) >= 11 is 0. The Kier molecular flexibility index (Phi) is 10.6. The van der Waals surface area contributed by atoms with E-state index in [0.717, 1.165) is 43.4 Å². The van der Waals surface area contributed by atoms with Crippen LogP contribution in [0, 0.1) is 0 Å². The van der Waals surface area contributed by atoms with Gasteiger partial charge in [0.15, 0.2) is 5.82 Å². The summed E-state index contributed by atoms with van der Waals surface area (Å²) in [4.78, 5) is 54.8. The maximum Gasteiger partial charge on any atom is 0.255 e. The summed E-state index contributed by atoms with van der Waals surface area (Å²) in [7, 11) is 0. The molecule has 6 N–H and O–H groups in total. The molecule has 262 valence electrons. The average Bonchev–Trinajstić information content (AvgIpc) is 3.44. The van der Waals surface area contributed by atoms with Crippen LogP contribution in [0.4, 0.5) is 17.2 Å². The van der Waals surface area contributed by atoms with Crippen molar-refractivity contribution in [3.63, 3.8) is 0 Å². The zero-order chi connectivity index (χ0) is 35.2. The van der Waals surface area contributed by atoms with Gasteiger partial charge in [0.25, 0.3) is 5.91 Å². The Labute approximate surface area is 291 Å². The van der Waals surface area contributed by atoms with E-state index < -0.39 is 6.04 Å². The van der Waals surface area contributed by atoms with Gasteiger partial charge in [0.2, 0.25) is 17.7 Å². The third kappa shape index (κ3) is 7.88. The van der Waals surface area contributed by atoms with E-state index in [1.165, 1.54) is 0 Å². The highest BCUT2D eigenvalue weighted by atomic mass is 16.3. The van der Waals surface area contributed by atoms with Crippen LogP contribution in [0.3, 0.4) is 0 Å². The first-order valence-electron chi connectivity index (χ1n) is 17.3. The van der Waals surface area contributed by atoms with Crippen molar-refractivity contribution in [2.45, 2.75) is 82.8 Å². The van der Waals surface area contributed by atoms with E-state index in [-0.39, 0.29) is 42.0 Å². The molecule has 6 rings (SSSR count). The van der Waals surface area contributed by atoms with Crippen LogP contribution in [0.1, 0.15) is 80.1 Å². The third-order valence-corrected chi connectivity index (χ3v) is 9.71. The molecule has 0 bridgehead atoms. The Bertz CT molecular complexity index is 1790. The first-order valence-corrected chi connectivity index (χ1v) is 17.3. The number of unbranched alkanes of at least 4 members (excludes halogenated alkanes) is 3. The second-order valence-corrected chi connectivity index (χ2v) is 13.2. The zero-order valence-corrected chi connectivity index (χ0v) is 28.1. The van der Waals surface area contributed by atoms with E-state index in [1.807, 2.05) is 12.1 Å². The largest absolute Gasteiger partial charge is 0.507 e. The monoisotopic (exact) mass is 680 g/mol. The number of fused-ring (bicyclic) bond motifs is 1. The number of phenolic OH excluding ortho intramolecular Hbond substituents is 1. The first-order chi connectivity index (χ1) is 24.2. The van der Waals surface area contributed by atoms with Gasteiger partial charge in [0.1, 0.15) is 11.8 Å². The summed E-state index contributed by atoms with van der Waals surface area (Å²) in [5, 5.41) is 27.4. The number of rotatable bonds is 12. The van der Waals surface area contributed by atoms with Gasteiger partial charge < -0.3 is 36.6 Å². The van der Waals surface area contributed by atoms with Crippen molar-refractivity contribution in [1.82, 2.24) is 25.7 Å². The quantitative estimate of drug-likeness (QED) is 0.175. The lowest BCUT2D eigenvalue weighted by atomic mass is 10.0. The molecule has 3 aliphatic heterocycles. The highest BCUT2D eigenvalue weighted by Gasteiger charge is 2.39. The molecule has 0 radical (unpaired) electrons. The SMILES string of the molecule is C=C1CCC(N2Cc3c(NC(=O)CCCCCCC(=O)NC4CCN(c5cc(-c6ccccc6O)nnc5N)CC4)cccc3C2=O)C(=O)N1. The van der Waals surface area contributed by atoms with Crippen LogP contribution in [0.15, 0.2) is 60.8 Å². The molecule has 0 spiro atoms. The molecule has 1 aromatic heterocycles. The van der Waals surface area contributed by atoms with Crippen LogP contribution in [0.5, 0.6) is 5.75 Å². The summed E-state index contributed by atoms with van der Waals surface area (Å²) in [5.74, 6) is -0.0636. The molecule has 2 fully saturated rings. The molecule has 3 aromatic rings. The lowest BCUT2D eigenvalue weighted by molar-refractivity contribution is -0.126. The number of hydrogen-bond donors (Lipinski definition) is 5. The second-order valence-electron chi connectivity index (χ2n) is 13.2. The van der Waals surface area contributed by atoms with Gasteiger partial charge in [-0.15, -0.1) is 10.2 Å². The maximum absolute atomic E-state index is 13.1. The maximum atomic E-state index is 13.1. The topological polar surface area (TPSA) is 183 Å². The fourth-order valence-electron chi connectivity index (χ4n) is 6.95. The van der Waals surface area contributed by atoms with Gasteiger partial charge >= 0.3 is 0 Å². The number of para-hydroxylation sites is 1. The highest BCUT2D eigenvalue weighted by molar-refractivity contribution is 6.04. The van der Waals surface area contributed by atoms with Crippen molar-refractivity contribution < 1.29 is 24.3 Å². The number of nitrogen functional groups attached to an aromatic ring is 1. The van der Waals surface area contributed by atoms with E-state index >= 15 is 0 Å². The molecule has 0 aliphatic carbocycles. The molecule has 1 unspecified atom stereocenters. The highest BCUT2D eigenvalue weighted by Crippen LogP contribution is 2.34. The number of hydrogen-bond acceptors (Lipinski definition) is 9. The Morgan fingerprint density at radius 1 is 0.940 bits per heavy atom. The number of nitrogens with one attached hydrogen (secondary N) is 3. The molecule has 2 saturated heterocycles. The van der Waals surface area contributed by atoms with Crippen molar-refractivity contribution in [1.29, 1.82) is 0 Å². The van der Waals surface area contributed by atoms with Gasteiger partial charge in [-0.2, -0.15) is 0 Å². The number of nitrogens with zero attached hydrogens (tertiary/aromatic N) is 4. The number of anilines is 3. The Hall–Kier alpha value is -5.46. The molecular formula is C37H44N8O5. The minimum atomic E-state index is -0.555. The number of aromatic nitrogens is 2. The number of aromatic hydroxyl groups is 1. The van der Waals surface area contributed by atoms with Crippen LogP contribution in [0.25, 0.3) is 11.3 Å². The normalized spacial score (nSPS) is 17.8. The van der Waals surface area contributed by atoms with E-state index in [1.54, 1.807) is 41.3 Å². The van der Waals surface area contributed by atoms with Crippen molar-refractivity contribution in [3.05, 3.63) is 71.9 Å². The summed E-state index contributed by atoms with van der Waals surface area (Å²) in [6.45, 7) is 5.50. The molecule has 50 heavy (non-hydrogen) atoms. The number of allylic oxidation sites excluding steroid dienone is 1. The summed E-state index contributed by atoms with van der Waals surface area (Å²) in [6, 6.07) is 13.6. The number of phenols is 1. The minimum absolute atomic E-state index is 0.0327. The Morgan fingerprint density at radius 2 is 1.66 bits per heavy atom. The zero-order valence-electron chi connectivity index (χ0n) is 28.1. The fraction of sp³-hybridized carbons (Fsp3) is 0.405. The van der Waals surface area contributed by atoms with Gasteiger partial charge in [0, 0.05) is 66.6 Å². The predicted octanol–water partition coefficient (Wildman–Crippen LogP) is 4.24.